The molecular weight excluding hydrogens is 282 g/mol. The van der Waals surface area contributed by atoms with Crippen molar-refractivity contribution in [3.63, 3.8) is 0 Å². The lowest BCUT2D eigenvalue weighted by Gasteiger charge is -2.22. The number of amides is 2. The number of rotatable bonds is 5. The van der Waals surface area contributed by atoms with Crippen LogP contribution < -0.4 is 20.3 Å². The van der Waals surface area contributed by atoms with Crippen molar-refractivity contribution in [1.29, 1.82) is 0 Å². The van der Waals surface area contributed by atoms with Crippen LogP contribution in [0.4, 0.5) is 5.69 Å². The predicted octanol–water partition coefficient (Wildman–Crippen LogP) is 0.916. The van der Waals surface area contributed by atoms with Crippen LogP contribution in [-0.4, -0.2) is 45.1 Å². The summed E-state index contributed by atoms with van der Waals surface area (Å²) in [5.74, 6) is 0.450. The van der Waals surface area contributed by atoms with E-state index >= 15 is 0 Å². The first kappa shape index (κ1) is 16.1. The molecule has 22 heavy (non-hydrogen) atoms. The van der Waals surface area contributed by atoms with E-state index in [1.54, 1.807) is 7.11 Å². The number of methoxy groups -OCH3 is 1. The van der Waals surface area contributed by atoms with Crippen molar-refractivity contribution in [3.8, 4) is 5.75 Å². The number of benzene rings is 1. The van der Waals surface area contributed by atoms with E-state index in [0.717, 1.165) is 18.5 Å². The van der Waals surface area contributed by atoms with Crippen LogP contribution in [0.15, 0.2) is 24.3 Å². The third-order valence-electron chi connectivity index (χ3n) is 3.75. The summed E-state index contributed by atoms with van der Waals surface area (Å²) in [5.41, 5.74) is 0.838. The molecule has 1 aromatic rings. The summed E-state index contributed by atoms with van der Waals surface area (Å²) in [6.45, 7) is 0.858. The zero-order chi connectivity index (χ0) is 15.9. The molecule has 0 unspecified atom stereocenters. The Bertz CT molecular complexity index is 533. The highest BCUT2D eigenvalue weighted by atomic mass is 16.5. The standard InChI is InChI=1S/C16H23N3O3/c1-19(13-8-3-4-9-14(13)22-2)11-15(20)18-12-7-5-6-10-17-16(12)21/h3-4,8-9,12H,5-7,10-11H2,1-2H3,(H,17,21)(H,18,20)/t12-/m1/s1. The van der Waals surface area contributed by atoms with Crippen LogP contribution in [0.3, 0.4) is 0 Å². The molecule has 0 saturated carbocycles. The molecule has 1 atom stereocenters. The summed E-state index contributed by atoms with van der Waals surface area (Å²) in [6.07, 6.45) is 2.58. The Hall–Kier alpha value is -2.24. The van der Waals surface area contributed by atoms with Gasteiger partial charge in [-0.15, -0.1) is 0 Å². The zero-order valence-electron chi connectivity index (χ0n) is 13.1. The monoisotopic (exact) mass is 305 g/mol. The fourth-order valence-electron chi connectivity index (χ4n) is 2.56. The van der Waals surface area contributed by atoms with Crippen LogP contribution in [-0.2, 0) is 9.59 Å². The van der Waals surface area contributed by atoms with E-state index < -0.39 is 6.04 Å². The van der Waals surface area contributed by atoms with Gasteiger partial charge in [-0.3, -0.25) is 9.59 Å². The van der Waals surface area contributed by atoms with Crippen LogP contribution in [0.25, 0.3) is 0 Å². The lowest BCUT2D eigenvalue weighted by atomic mass is 10.1. The normalized spacial score (nSPS) is 18.1. The number of hydrogen-bond acceptors (Lipinski definition) is 4. The van der Waals surface area contributed by atoms with Crippen LogP contribution in [0.2, 0.25) is 0 Å². The molecule has 1 aliphatic rings. The van der Waals surface area contributed by atoms with E-state index in [0.29, 0.717) is 18.7 Å². The van der Waals surface area contributed by atoms with Crippen LogP contribution in [0.5, 0.6) is 5.75 Å². The largest absolute Gasteiger partial charge is 0.495 e. The molecule has 0 aromatic heterocycles. The second kappa shape index (κ2) is 7.68. The van der Waals surface area contributed by atoms with Crippen LogP contribution >= 0.6 is 0 Å². The average Bonchev–Trinajstić information content (AvgIpc) is 2.72. The predicted molar refractivity (Wildman–Crippen MR) is 85.1 cm³/mol. The zero-order valence-corrected chi connectivity index (χ0v) is 13.1. The molecule has 6 nitrogen and oxygen atoms in total. The molecule has 1 heterocycles. The summed E-state index contributed by atoms with van der Waals surface area (Å²) in [5, 5.41) is 5.63. The van der Waals surface area contributed by atoms with Crippen LogP contribution in [0, 0.1) is 0 Å². The number of hydrogen-bond donors (Lipinski definition) is 2. The number of ether oxygens (including phenoxy) is 1. The molecule has 0 aliphatic carbocycles. The Balaban J connectivity index is 1.94. The molecule has 1 aromatic carbocycles. The van der Waals surface area contributed by atoms with E-state index in [2.05, 4.69) is 10.6 Å². The van der Waals surface area contributed by atoms with Crippen molar-refractivity contribution in [2.24, 2.45) is 0 Å². The highest BCUT2D eigenvalue weighted by molar-refractivity contribution is 5.89. The highest BCUT2D eigenvalue weighted by Crippen LogP contribution is 2.26. The molecule has 0 radical (unpaired) electrons. The van der Waals surface area contributed by atoms with Gasteiger partial charge >= 0.3 is 0 Å². The van der Waals surface area contributed by atoms with Crippen molar-refractivity contribution in [2.45, 2.75) is 25.3 Å². The third kappa shape index (κ3) is 4.13. The highest BCUT2D eigenvalue weighted by Gasteiger charge is 2.23. The van der Waals surface area contributed by atoms with Crippen molar-refractivity contribution in [1.82, 2.24) is 10.6 Å². The van der Waals surface area contributed by atoms with Gasteiger partial charge in [-0.25, -0.2) is 0 Å². The van der Waals surface area contributed by atoms with E-state index in [-0.39, 0.29) is 18.4 Å². The Morgan fingerprint density at radius 2 is 2.18 bits per heavy atom. The molecule has 1 fully saturated rings. The number of para-hydroxylation sites is 2. The Kier molecular flexibility index (Phi) is 5.63. The lowest BCUT2D eigenvalue weighted by molar-refractivity contribution is -0.128. The quantitative estimate of drug-likeness (QED) is 0.848. The molecule has 0 spiro atoms. The SMILES string of the molecule is COc1ccccc1N(C)CC(=O)N[C@@H]1CCCCNC1=O. The summed E-state index contributed by atoms with van der Waals surface area (Å²) >= 11 is 0. The second-order valence-electron chi connectivity index (χ2n) is 5.43. The minimum atomic E-state index is -0.430. The Labute approximate surface area is 130 Å². The molecule has 1 saturated heterocycles. The third-order valence-corrected chi connectivity index (χ3v) is 3.75. The maximum absolute atomic E-state index is 12.2. The summed E-state index contributed by atoms with van der Waals surface area (Å²) in [7, 11) is 3.42. The van der Waals surface area contributed by atoms with E-state index in [9.17, 15) is 9.59 Å². The van der Waals surface area contributed by atoms with Gasteiger partial charge in [-0.2, -0.15) is 0 Å². The molecule has 6 heteroatoms. The van der Waals surface area contributed by atoms with Gasteiger partial charge in [0.05, 0.1) is 19.3 Å². The van der Waals surface area contributed by atoms with Gasteiger partial charge in [0.2, 0.25) is 11.8 Å². The first-order chi connectivity index (χ1) is 10.6. The van der Waals surface area contributed by atoms with Gasteiger partial charge in [0.25, 0.3) is 0 Å². The number of likely N-dealkylation sites (N-methyl/N-ethyl adjacent to an activating group) is 1. The average molecular weight is 305 g/mol. The molecule has 0 bridgehead atoms. The van der Waals surface area contributed by atoms with E-state index in [4.69, 9.17) is 4.74 Å². The summed E-state index contributed by atoms with van der Waals surface area (Å²) < 4.78 is 5.29. The minimum absolute atomic E-state index is 0.0919. The van der Waals surface area contributed by atoms with Gasteiger partial charge in [-0.1, -0.05) is 12.1 Å². The molecule has 2 N–H and O–H groups in total. The van der Waals surface area contributed by atoms with Gasteiger partial charge in [-0.05, 0) is 31.4 Å². The molecule has 2 rings (SSSR count). The molecule has 2 amide bonds. The summed E-state index contributed by atoms with van der Waals surface area (Å²) in [6, 6.07) is 7.09. The fraction of sp³-hybridized carbons (Fsp3) is 0.500. The smallest absolute Gasteiger partial charge is 0.242 e. The van der Waals surface area contributed by atoms with E-state index in [1.165, 1.54) is 0 Å². The van der Waals surface area contributed by atoms with Crippen molar-refractivity contribution in [3.05, 3.63) is 24.3 Å². The maximum atomic E-state index is 12.2. The Morgan fingerprint density at radius 3 is 2.95 bits per heavy atom. The maximum Gasteiger partial charge on any atom is 0.242 e. The van der Waals surface area contributed by atoms with Gasteiger partial charge in [0.15, 0.2) is 0 Å². The number of nitrogens with zero attached hydrogens (tertiary/aromatic N) is 1. The molecular formula is C16H23N3O3. The van der Waals surface area contributed by atoms with Crippen molar-refractivity contribution in [2.75, 3.05) is 32.1 Å². The first-order valence-electron chi connectivity index (χ1n) is 7.53. The Morgan fingerprint density at radius 1 is 1.41 bits per heavy atom. The second-order valence-corrected chi connectivity index (χ2v) is 5.43. The summed E-state index contributed by atoms with van der Waals surface area (Å²) in [4.78, 5) is 25.8. The first-order valence-corrected chi connectivity index (χ1v) is 7.53. The topological polar surface area (TPSA) is 70.7 Å². The van der Waals surface area contributed by atoms with Crippen molar-refractivity contribution < 1.29 is 14.3 Å². The number of anilines is 1. The number of carbonyl (C=O) groups is 2. The minimum Gasteiger partial charge on any atom is -0.495 e. The molecule has 120 valence electrons. The van der Waals surface area contributed by atoms with Crippen molar-refractivity contribution >= 4 is 17.5 Å². The lowest BCUT2D eigenvalue weighted by Crippen LogP contribution is -2.48. The van der Waals surface area contributed by atoms with Gasteiger partial charge in [0.1, 0.15) is 11.8 Å². The number of carbonyl (C=O) groups excluding carboxylic acids is 2. The van der Waals surface area contributed by atoms with Crippen LogP contribution in [0.1, 0.15) is 19.3 Å². The fourth-order valence-corrected chi connectivity index (χ4v) is 2.56. The van der Waals surface area contributed by atoms with Gasteiger partial charge in [0, 0.05) is 13.6 Å². The number of nitrogens with one attached hydrogen (secondary N) is 2. The van der Waals surface area contributed by atoms with E-state index in [1.807, 2.05) is 36.2 Å². The molecule has 1 aliphatic heterocycles. The van der Waals surface area contributed by atoms with Gasteiger partial charge < -0.3 is 20.3 Å².